The minimum atomic E-state index is -5.08. The van der Waals surface area contributed by atoms with E-state index < -0.39 is 46.5 Å². The highest BCUT2D eigenvalue weighted by atomic mass is 32.2. The van der Waals surface area contributed by atoms with Gasteiger partial charge in [0.25, 0.3) is 11.8 Å². The first-order chi connectivity index (χ1) is 19.7. The number of halogens is 4. The Hall–Kier alpha value is -3.36. The van der Waals surface area contributed by atoms with Crippen molar-refractivity contribution in [1.82, 2.24) is 14.5 Å². The highest BCUT2D eigenvalue weighted by molar-refractivity contribution is 7.82. The fourth-order valence-electron chi connectivity index (χ4n) is 5.54. The van der Waals surface area contributed by atoms with Crippen LogP contribution in [0.25, 0.3) is 0 Å². The van der Waals surface area contributed by atoms with Gasteiger partial charge in [-0.1, -0.05) is 0 Å². The van der Waals surface area contributed by atoms with E-state index in [2.05, 4.69) is 15.0 Å². The zero-order valence-corrected chi connectivity index (χ0v) is 23.8. The van der Waals surface area contributed by atoms with E-state index in [9.17, 15) is 36.5 Å². The molecular formula is C28H30F4N4O5S. The first-order valence-electron chi connectivity index (χ1n) is 13.4. The molecule has 0 radical (unpaired) electrons. The Morgan fingerprint density at radius 1 is 1.17 bits per heavy atom. The molecule has 1 unspecified atom stereocenters. The summed E-state index contributed by atoms with van der Waals surface area (Å²) >= 11 is 0. The third-order valence-electron chi connectivity index (χ3n) is 7.87. The van der Waals surface area contributed by atoms with Crippen LogP contribution in [0.3, 0.4) is 0 Å². The molecule has 3 aliphatic rings. The van der Waals surface area contributed by atoms with Crippen LogP contribution in [0.1, 0.15) is 45.5 Å². The first kappa shape index (κ1) is 30.1. The minimum absolute atomic E-state index is 0.0276. The maximum atomic E-state index is 13.8. The second-order valence-electron chi connectivity index (χ2n) is 10.8. The van der Waals surface area contributed by atoms with Gasteiger partial charge in [-0.05, 0) is 80.1 Å². The van der Waals surface area contributed by atoms with Gasteiger partial charge in [0.05, 0.1) is 17.1 Å². The van der Waals surface area contributed by atoms with Crippen molar-refractivity contribution >= 4 is 28.6 Å². The molecule has 2 aromatic carbocycles. The number of hydrogen-bond acceptors (Lipinski definition) is 6. The number of rotatable bonds is 7. The number of aliphatic hydroxyl groups excluding tert-OH is 1. The Morgan fingerprint density at radius 2 is 1.81 bits per heavy atom. The Morgan fingerprint density at radius 3 is 2.40 bits per heavy atom. The van der Waals surface area contributed by atoms with Gasteiger partial charge in [-0.15, -0.1) is 13.2 Å². The molecule has 2 saturated heterocycles. The molecule has 0 saturated carbocycles. The van der Waals surface area contributed by atoms with E-state index in [1.807, 2.05) is 26.0 Å². The summed E-state index contributed by atoms with van der Waals surface area (Å²) in [4.78, 5) is 31.6. The largest absolute Gasteiger partial charge is 0.573 e. The molecule has 9 nitrogen and oxygen atoms in total. The molecule has 0 bridgehead atoms. The monoisotopic (exact) mass is 610 g/mol. The molecule has 42 heavy (non-hydrogen) atoms. The number of β-amino-alcohol motifs (C(OH)–C–C–N with tert-alkyl or cyclic N) is 1. The van der Waals surface area contributed by atoms with Crippen LogP contribution in [-0.2, 0) is 22.2 Å². The van der Waals surface area contributed by atoms with E-state index in [4.69, 9.17) is 0 Å². The lowest BCUT2D eigenvalue weighted by molar-refractivity contribution is -0.275. The van der Waals surface area contributed by atoms with Gasteiger partial charge in [0, 0.05) is 43.1 Å². The average molecular weight is 611 g/mol. The SMILES string of the molecule is Cc1cc(C(=O)N2CC(O)C2)cc(C)c1CCS(=O)N1CCC2(CC1)N=C(c1ccc(F)c(OC(F)(F)F)c1)NC2=O. The fraction of sp³-hybridized carbons (Fsp3) is 0.464. The summed E-state index contributed by atoms with van der Waals surface area (Å²) in [6.07, 6.45) is -4.53. The predicted octanol–water partition coefficient (Wildman–Crippen LogP) is 2.78. The van der Waals surface area contributed by atoms with Crippen LogP contribution in [0.2, 0.25) is 0 Å². The van der Waals surface area contributed by atoms with Crippen molar-refractivity contribution in [2.75, 3.05) is 31.9 Å². The average Bonchev–Trinajstić information content (AvgIpc) is 3.21. The van der Waals surface area contributed by atoms with Crippen molar-refractivity contribution < 1.29 is 41.2 Å². The van der Waals surface area contributed by atoms with Crippen LogP contribution in [0.4, 0.5) is 17.6 Å². The van der Waals surface area contributed by atoms with Gasteiger partial charge in [0.15, 0.2) is 11.6 Å². The van der Waals surface area contributed by atoms with E-state index in [-0.39, 0.29) is 30.1 Å². The number of amidine groups is 1. The molecule has 2 aromatic rings. The second-order valence-corrected chi connectivity index (χ2v) is 12.4. The Labute approximate surface area is 242 Å². The summed E-state index contributed by atoms with van der Waals surface area (Å²) in [6.45, 7) is 5.10. The summed E-state index contributed by atoms with van der Waals surface area (Å²) in [5.41, 5.74) is 2.33. The summed E-state index contributed by atoms with van der Waals surface area (Å²) in [6, 6.07) is 6.50. The lowest BCUT2D eigenvalue weighted by atomic mass is 9.89. The number of aliphatic hydroxyl groups is 1. The zero-order valence-electron chi connectivity index (χ0n) is 23.0. The maximum absolute atomic E-state index is 13.8. The number of carbonyl (C=O) groups excluding carboxylic acids is 2. The molecule has 2 amide bonds. The van der Waals surface area contributed by atoms with E-state index in [0.717, 1.165) is 28.8 Å². The number of likely N-dealkylation sites (tertiary alicyclic amines) is 1. The van der Waals surface area contributed by atoms with E-state index >= 15 is 0 Å². The lowest BCUT2D eigenvalue weighted by Crippen LogP contribution is -2.53. The number of carbonyl (C=O) groups is 2. The number of benzene rings is 2. The molecule has 2 N–H and O–H groups in total. The van der Waals surface area contributed by atoms with Crippen LogP contribution in [0.15, 0.2) is 35.3 Å². The number of aryl methyl sites for hydroxylation is 2. The van der Waals surface area contributed by atoms with Gasteiger partial charge >= 0.3 is 6.36 Å². The van der Waals surface area contributed by atoms with Crippen molar-refractivity contribution in [3.63, 3.8) is 0 Å². The van der Waals surface area contributed by atoms with Crippen LogP contribution in [0.5, 0.6) is 5.75 Å². The summed E-state index contributed by atoms with van der Waals surface area (Å²) < 4.78 is 70.4. The molecule has 5 rings (SSSR count). The molecule has 1 atom stereocenters. The maximum Gasteiger partial charge on any atom is 0.573 e. The van der Waals surface area contributed by atoms with Gasteiger partial charge in [0.2, 0.25) is 0 Å². The number of hydrogen-bond donors (Lipinski definition) is 2. The molecule has 0 aromatic heterocycles. The number of aliphatic imine (C=N–C) groups is 1. The fourth-order valence-corrected chi connectivity index (χ4v) is 6.77. The Balaban J connectivity index is 1.20. The van der Waals surface area contributed by atoms with Crippen LogP contribution in [0, 0.1) is 19.7 Å². The number of piperidine rings is 1. The van der Waals surface area contributed by atoms with Gasteiger partial charge < -0.3 is 20.1 Å². The summed E-state index contributed by atoms with van der Waals surface area (Å²) in [5.74, 6) is -2.39. The van der Waals surface area contributed by atoms with Crippen molar-refractivity contribution in [2.24, 2.45) is 4.99 Å². The topological polar surface area (TPSA) is 112 Å². The minimum Gasteiger partial charge on any atom is -0.403 e. The van der Waals surface area contributed by atoms with Gasteiger partial charge in [-0.25, -0.2) is 12.9 Å². The van der Waals surface area contributed by atoms with E-state index in [1.54, 1.807) is 9.21 Å². The predicted molar refractivity (Wildman–Crippen MR) is 146 cm³/mol. The zero-order chi connectivity index (χ0) is 30.4. The van der Waals surface area contributed by atoms with Crippen molar-refractivity contribution in [1.29, 1.82) is 0 Å². The van der Waals surface area contributed by atoms with Crippen LogP contribution >= 0.6 is 0 Å². The number of amides is 2. The Kier molecular flexibility index (Phi) is 8.16. The molecule has 3 aliphatic heterocycles. The molecule has 2 fully saturated rings. The molecule has 1 spiro atoms. The molecule has 226 valence electrons. The van der Waals surface area contributed by atoms with Gasteiger partial charge in [-0.3, -0.25) is 14.6 Å². The van der Waals surface area contributed by atoms with Crippen LogP contribution in [-0.4, -0.2) is 86.1 Å². The third-order valence-corrected chi connectivity index (χ3v) is 9.36. The number of alkyl halides is 3. The van der Waals surface area contributed by atoms with Crippen molar-refractivity contribution in [3.8, 4) is 5.75 Å². The van der Waals surface area contributed by atoms with Gasteiger partial charge in [0.1, 0.15) is 11.4 Å². The highest BCUT2D eigenvalue weighted by Crippen LogP contribution is 2.33. The number of nitrogens with one attached hydrogen (secondary N) is 1. The highest BCUT2D eigenvalue weighted by Gasteiger charge is 2.46. The number of nitrogens with zero attached hydrogens (tertiary/aromatic N) is 3. The number of ether oxygens (including phenoxy) is 1. The smallest absolute Gasteiger partial charge is 0.403 e. The first-order valence-corrected chi connectivity index (χ1v) is 14.7. The van der Waals surface area contributed by atoms with Crippen molar-refractivity contribution in [2.45, 2.75) is 51.1 Å². The lowest BCUT2D eigenvalue weighted by Gasteiger charge is -2.36. The summed E-state index contributed by atoms with van der Waals surface area (Å²) in [7, 11) is -1.34. The third kappa shape index (κ3) is 6.20. The van der Waals surface area contributed by atoms with E-state index in [1.165, 1.54) is 6.07 Å². The standard InChI is InChI=1S/C28H30F4N4O5S/c1-16-11-19(25(38)35-14-20(37)15-35)12-17(2)21(16)5-10-42(40)36-8-6-27(7-9-36)26(39)33-24(34-27)18-3-4-22(29)23(13-18)41-28(30,31)32/h3-4,11-13,20,37H,5-10,14-15H2,1-2H3,(H,33,34,39). The normalized spacial score (nSPS) is 19.8. The van der Waals surface area contributed by atoms with Crippen molar-refractivity contribution in [3.05, 3.63) is 64.0 Å². The molecule has 14 heteroatoms. The van der Waals surface area contributed by atoms with Gasteiger partial charge in [-0.2, -0.15) is 0 Å². The molecule has 3 heterocycles. The van der Waals surface area contributed by atoms with E-state index in [0.29, 0.717) is 43.9 Å². The molecule has 0 aliphatic carbocycles. The van der Waals surface area contributed by atoms with Crippen LogP contribution < -0.4 is 10.1 Å². The second kappa shape index (κ2) is 11.4. The summed E-state index contributed by atoms with van der Waals surface area (Å²) in [5, 5.41) is 12.1. The quantitative estimate of drug-likeness (QED) is 0.469. The molecular weight excluding hydrogens is 580 g/mol. The Bertz CT molecular complexity index is 1440.